The van der Waals surface area contributed by atoms with Crippen molar-refractivity contribution in [3.8, 4) is 0 Å². The van der Waals surface area contributed by atoms with Crippen LogP contribution in [0.4, 0.5) is 5.69 Å². The maximum absolute atomic E-state index is 11.2. The maximum Gasteiger partial charge on any atom is 1.00 e. The normalized spacial score (nSPS) is 14.1. The largest absolute Gasteiger partial charge is 1.00 e. The first kappa shape index (κ1) is 14.0. The third kappa shape index (κ3) is 2.43. The molecule has 0 aliphatic carbocycles. The first-order chi connectivity index (χ1) is 6.89. The number of nitrogens with one attached hydrogen (secondary N) is 1. The smallest absolute Gasteiger partial charge is 1.00 e. The van der Waals surface area contributed by atoms with Gasteiger partial charge in [-0.1, -0.05) is 0 Å². The average molecular weight is 267 g/mol. The monoisotopic (exact) mass is 267 g/mol. The molecule has 0 atom stereocenters. The number of hydrogen-bond acceptors (Lipinski definition) is 4. The summed E-state index contributed by atoms with van der Waals surface area (Å²) in [5, 5.41) is 2.26. The van der Waals surface area contributed by atoms with Gasteiger partial charge in [0.05, 0.1) is 16.1 Å². The molecular weight excluding hydrogens is 261 g/mol. The van der Waals surface area contributed by atoms with Gasteiger partial charge in [-0.05, 0) is 18.2 Å². The Balaban J connectivity index is 0.00000128. The van der Waals surface area contributed by atoms with E-state index in [0.717, 1.165) is 12.1 Å². The summed E-state index contributed by atoms with van der Waals surface area (Å²) in [7, 11) is -4.36. The average Bonchev–Trinajstić information content (AvgIpc) is 2.41. The zero-order valence-electron chi connectivity index (χ0n) is 9.22. The molecule has 0 radical (unpaired) electrons. The third-order valence-corrected chi connectivity index (χ3v) is 2.84. The van der Waals surface area contributed by atoms with Crippen molar-refractivity contribution in [3.05, 3.63) is 23.8 Å². The molecule has 0 spiro atoms. The van der Waals surface area contributed by atoms with Crippen molar-refractivity contribution in [2.75, 3.05) is 5.32 Å². The zero-order chi connectivity index (χ0) is 11.2. The van der Waals surface area contributed by atoms with Crippen molar-refractivity contribution in [3.63, 3.8) is 0 Å². The minimum absolute atomic E-state index is 0. The summed E-state index contributed by atoms with van der Waals surface area (Å²) in [5.74, 6) is -1.62. The van der Waals surface area contributed by atoms with Gasteiger partial charge in [-0.2, -0.15) is 8.42 Å². The van der Waals surface area contributed by atoms with Gasteiger partial charge in [0.25, 0.3) is 21.8 Å². The fourth-order valence-electron chi connectivity index (χ4n) is 1.28. The van der Waals surface area contributed by atoms with Gasteiger partial charge in [0.15, 0.2) is 0 Å². The molecule has 2 rings (SSSR count). The number of Topliss-reactive ketones (excluding diaryl/α,β-unsaturated/α-hetero) is 1. The number of fused-ring (bicyclic) bond motifs is 1. The molecule has 1 aliphatic heterocycles. The van der Waals surface area contributed by atoms with E-state index in [1.807, 2.05) is 0 Å². The molecule has 2 N–H and O–H groups in total. The second kappa shape index (κ2) is 4.65. The third-order valence-electron chi connectivity index (χ3n) is 1.99. The molecular formula is C8H6KNO5S. The van der Waals surface area contributed by atoms with E-state index < -0.39 is 26.7 Å². The van der Waals surface area contributed by atoms with Gasteiger partial charge < -0.3 is 6.74 Å². The Labute approximate surface area is 135 Å². The summed E-state index contributed by atoms with van der Waals surface area (Å²) in [5.41, 5.74) is 0.201. The van der Waals surface area contributed by atoms with Gasteiger partial charge in [-0.15, -0.1) is 0 Å². The van der Waals surface area contributed by atoms with Crippen LogP contribution in [-0.2, 0) is 14.9 Å². The molecule has 1 amide bonds. The van der Waals surface area contributed by atoms with E-state index in [-0.39, 0.29) is 64.1 Å². The Kier molecular flexibility index (Phi) is 4.06. The van der Waals surface area contributed by atoms with E-state index in [1.165, 1.54) is 6.07 Å². The van der Waals surface area contributed by atoms with Gasteiger partial charge in [0.2, 0.25) is 0 Å². The molecule has 6 nitrogen and oxygen atoms in total. The Hall–Kier alpha value is -0.0936. The van der Waals surface area contributed by atoms with Gasteiger partial charge >= 0.3 is 51.4 Å². The standard InChI is InChI=1S/C8H5NO5S.K.H/c10-7-5-3-4(15(12,13)14)1-2-6(5)9-8(7)11;;/h1-3H,(H,9,10,11)(H,12,13,14);;/q;+1;-1. The fourth-order valence-corrected chi connectivity index (χ4v) is 1.79. The first-order valence-corrected chi connectivity index (χ1v) is 5.31. The Morgan fingerprint density at radius 1 is 1.25 bits per heavy atom. The molecule has 1 aromatic rings. The van der Waals surface area contributed by atoms with E-state index in [1.54, 1.807) is 0 Å². The van der Waals surface area contributed by atoms with Crippen LogP contribution in [-0.4, -0.2) is 24.7 Å². The first-order valence-electron chi connectivity index (χ1n) is 3.87. The summed E-state index contributed by atoms with van der Waals surface area (Å²) in [4.78, 5) is 21.7. The summed E-state index contributed by atoms with van der Waals surface area (Å²) in [6, 6.07) is 3.32. The number of rotatable bonds is 1. The molecule has 1 aliphatic rings. The van der Waals surface area contributed by atoms with Crippen LogP contribution in [0.15, 0.2) is 23.1 Å². The number of carbonyl (C=O) groups excluding carboxylic acids is 2. The van der Waals surface area contributed by atoms with E-state index in [2.05, 4.69) is 5.32 Å². The zero-order valence-corrected chi connectivity index (χ0v) is 12.2. The molecule has 0 fully saturated rings. The molecule has 1 heterocycles. The van der Waals surface area contributed by atoms with Crippen LogP contribution >= 0.6 is 0 Å². The summed E-state index contributed by atoms with van der Waals surface area (Å²) in [6.07, 6.45) is 0. The van der Waals surface area contributed by atoms with Crippen LogP contribution in [0.5, 0.6) is 0 Å². The minimum Gasteiger partial charge on any atom is -1.00 e. The van der Waals surface area contributed by atoms with Crippen LogP contribution in [0.25, 0.3) is 0 Å². The number of anilines is 1. The minimum atomic E-state index is -4.36. The van der Waals surface area contributed by atoms with Crippen molar-refractivity contribution < 1.29 is 75.4 Å². The molecule has 8 heteroatoms. The molecule has 0 aromatic heterocycles. The molecule has 0 saturated heterocycles. The molecule has 0 bridgehead atoms. The van der Waals surface area contributed by atoms with Gasteiger partial charge in [0, 0.05) is 0 Å². The Bertz CT molecular complexity index is 586. The van der Waals surface area contributed by atoms with Crippen LogP contribution in [0, 0.1) is 0 Å². The SMILES string of the molecule is O=C1Nc2ccc(S(=O)(=O)O)cc2C1=O.[H-].[K+]. The van der Waals surface area contributed by atoms with Crippen molar-refractivity contribution in [1.82, 2.24) is 0 Å². The number of hydrogen-bond donors (Lipinski definition) is 2. The van der Waals surface area contributed by atoms with Gasteiger partial charge in [-0.3, -0.25) is 14.1 Å². The Morgan fingerprint density at radius 3 is 2.44 bits per heavy atom. The van der Waals surface area contributed by atoms with Crippen molar-refractivity contribution in [2.24, 2.45) is 0 Å². The molecule has 80 valence electrons. The van der Waals surface area contributed by atoms with E-state index in [9.17, 15) is 18.0 Å². The summed E-state index contributed by atoms with van der Waals surface area (Å²) < 4.78 is 30.2. The predicted molar refractivity (Wildman–Crippen MR) is 50.3 cm³/mol. The second-order valence-corrected chi connectivity index (χ2v) is 4.39. The number of ketones is 1. The maximum atomic E-state index is 11.2. The van der Waals surface area contributed by atoms with E-state index >= 15 is 0 Å². The van der Waals surface area contributed by atoms with Crippen LogP contribution in [0.2, 0.25) is 0 Å². The Morgan fingerprint density at radius 2 is 1.88 bits per heavy atom. The molecule has 0 unspecified atom stereocenters. The van der Waals surface area contributed by atoms with Gasteiger partial charge in [0.1, 0.15) is 0 Å². The molecule has 0 saturated carbocycles. The van der Waals surface area contributed by atoms with E-state index in [0.29, 0.717) is 0 Å². The topological polar surface area (TPSA) is 101 Å². The number of benzene rings is 1. The van der Waals surface area contributed by atoms with Crippen molar-refractivity contribution in [2.45, 2.75) is 4.90 Å². The van der Waals surface area contributed by atoms with Crippen LogP contribution in [0.1, 0.15) is 11.8 Å². The number of carbonyl (C=O) groups is 2. The van der Waals surface area contributed by atoms with Crippen molar-refractivity contribution in [1.29, 1.82) is 0 Å². The fraction of sp³-hybridized carbons (Fsp3) is 0. The van der Waals surface area contributed by atoms with Gasteiger partial charge in [-0.25, -0.2) is 0 Å². The van der Waals surface area contributed by atoms with E-state index in [4.69, 9.17) is 4.55 Å². The van der Waals surface area contributed by atoms with Crippen molar-refractivity contribution >= 4 is 27.5 Å². The summed E-state index contributed by atoms with van der Waals surface area (Å²) in [6.45, 7) is 0. The molecule has 1 aromatic carbocycles. The predicted octanol–water partition coefficient (Wildman–Crippen LogP) is -2.82. The van der Waals surface area contributed by atoms with Crippen LogP contribution < -0.4 is 56.7 Å². The number of amides is 1. The quantitative estimate of drug-likeness (QED) is 0.325. The summed E-state index contributed by atoms with van der Waals surface area (Å²) >= 11 is 0. The van der Waals surface area contributed by atoms with Crippen LogP contribution in [0.3, 0.4) is 0 Å². The second-order valence-electron chi connectivity index (χ2n) is 2.97. The molecule has 16 heavy (non-hydrogen) atoms.